The molecule has 0 fully saturated rings. The maximum absolute atomic E-state index is 12.6. The fourth-order valence-corrected chi connectivity index (χ4v) is 3.98. The lowest BCUT2D eigenvalue weighted by atomic mass is 9.99. The minimum atomic E-state index is -3.64. The SMILES string of the molecule is CCOc1ccccc1S(=O)(=O)NCC1Cc2ccccc2CO1. The van der Waals surface area contributed by atoms with E-state index in [-0.39, 0.29) is 17.5 Å². The van der Waals surface area contributed by atoms with Crippen molar-refractivity contribution in [1.29, 1.82) is 0 Å². The molecule has 0 saturated carbocycles. The Balaban J connectivity index is 1.68. The van der Waals surface area contributed by atoms with Crippen LogP contribution >= 0.6 is 0 Å². The molecule has 1 unspecified atom stereocenters. The zero-order valence-electron chi connectivity index (χ0n) is 13.6. The highest BCUT2D eigenvalue weighted by Gasteiger charge is 2.23. The minimum absolute atomic E-state index is 0.156. The predicted octanol–water partition coefficient (Wildman–Crippen LogP) is 2.51. The van der Waals surface area contributed by atoms with Crippen molar-refractivity contribution in [2.24, 2.45) is 0 Å². The molecule has 0 radical (unpaired) electrons. The van der Waals surface area contributed by atoms with Crippen molar-refractivity contribution in [1.82, 2.24) is 4.72 Å². The first-order valence-corrected chi connectivity index (χ1v) is 9.48. The Labute approximate surface area is 142 Å². The van der Waals surface area contributed by atoms with E-state index >= 15 is 0 Å². The van der Waals surface area contributed by atoms with Crippen LogP contribution in [0.1, 0.15) is 18.1 Å². The third-order valence-electron chi connectivity index (χ3n) is 3.98. The van der Waals surface area contributed by atoms with Gasteiger partial charge in [-0.1, -0.05) is 36.4 Å². The van der Waals surface area contributed by atoms with Crippen LogP contribution < -0.4 is 9.46 Å². The van der Waals surface area contributed by atoms with Gasteiger partial charge in [0, 0.05) is 13.0 Å². The lowest BCUT2D eigenvalue weighted by Gasteiger charge is -2.25. The van der Waals surface area contributed by atoms with Crippen LogP contribution in [0.5, 0.6) is 5.75 Å². The predicted molar refractivity (Wildman–Crippen MR) is 91.5 cm³/mol. The van der Waals surface area contributed by atoms with Crippen molar-refractivity contribution in [3.05, 3.63) is 59.7 Å². The highest BCUT2D eigenvalue weighted by molar-refractivity contribution is 7.89. The van der Waals surface area contributed by atoms with Crippen LogP contribution in [0, 0.1) is 0 Å². The molecule has 1 aliphatic heterocycles. The van der Waals surface area contributed by atoms with Gasteiger partial charge in [-0.3, -0.25) is 0 Å². The molecule has 2 aromatic carbocycles. The Morgan fingerprint density at radius 2 is 1.83 bits per heavy atom. The summed E-state index contributed by atoms with van der Waals surface area (Å²) >= 11 is 0. The fraction of sp³-hybridized carbons (Fsp3) is 0.333. The van der Waals surface area contributed by atoms with Gasteiger partial charge < -0.3 is 9.47 Å². The van der Waals surface area contributed by atoms with E-state index in [1.54, 1.807) is 24.3 Å². The van der Waals surface area contributed by atoms with Crippen LogP contribution in [0.25, 0.3) is 0 Å². The largest absolute Gasteiger partial charge is 0.492 e. The Bertz CT molecular complexity index is 804. The van der Waals surface area contributed by atoms with E-state index in [0.29, 0.717) is 25.4 Å². The van der Waals surface area contributed by atoms with E-state index in [4.69, 9.17) is 9.47 Å². The monoisotopic (exact) mass is 347 g/mol. The van der Waals surface area contributed by atoms with Crippen LogP contribution in [0.15, 0.2) is 53.4 Å². The quantitative estimate of drug-likeness (QED) is 0.872. The highest BCUT2D eigenvalue weighted by Crippen LogP contribution is 2.24. The molecule has 24 heavy (non-hydrogen) atoms. The molecule has 1 aliphatic rings. The molecule has 0 aliphatic carbocycles. The maximum atomic E-state index is 12.6. The molecular weight excluding hydrogens is 326 g/mol. The molecule has 1 N–H and O–H groups in total. The first-order chi connectivity index (χ1) is 11.6. The average Bonchev–Trinajstić information content (AvgIpc) is 2.60. The summed E-state index contributed by atoms with van der Waals surface area (Å²) in [5, 5.41) is 0. The van der Waals surface area contributed by atoms with Gasteiger partial charge >= 0.3 is 0 Å². The Hall–Kier alpha value is -1.89. The number of nitrogens with one attached hydrogen (secondary N) is 1. The Morgan fingerprint density at radius 3 is 2.62 bits per heavy atom. The summed E-state index contributed by atoms with van der Waals surface area (Å²) in [6, 6.07) is 14.7. The molecule has 0 bridgehead atoms. The van der Waals surface area contributed by atoms with E-state index in [2.05, 4.69) is 10.8 Å². The molecule has 5 nitrogen and oxygen atoms in total. The summed E-state index contributed by atoms with van der Waals surface area (Å²) in [7, 11) is -3.64. The van der Waals surface area contributed by atoms with Gasteiger partial charge in [-0.2, -0.15) is 0 Å². The zero-order valence-corrected chi connectivity index (χ0v) is 14.4. The standard InChI is InChI=1S/C18H21NO4S/c1-2-22-17-9-5-6-10-18(17)24(20,21)19-12-16-11-14-7-3-4-8-15(14)13-23-16/h3-10,16,19H,2,11-13H2,1H3. The summed E-state index contributed by atoms with van der Waals surface area (Å²) in [4.78, 5) is 0.156. The van der Waals surface area contributed by atoms with Crippen LogP contribution in [-0.2, 0) is 27.8 Å². The lowest BCUT2D eigenvalue weighted by Crippen LogP contribution is -2.36. The number of sulfonamides is 1. The Morgan fingerprint density at radius 1 is 1.12 bits per heavy atom. The second-order valence-electron chi connectivity index (χ2n) is 5.64. The van der Waals surface area contributed by atoms with E-state index in [1.165, 1.54) is 11.1 Å². The molecule has 0 spiro atoms. The second-order valence-corrected chi connectivity index (χ2v) is 7.37. The van der Waals surface area contributed by atoms with Crippen molar-refractivity contribution in [3.8, 4) is 5.75 Å². The molecule has 6 heteroatoms. The first-order valence-electron chi connectivity index (χ1n) is 8.00. The average molecular weight is 347 g/mol. The van der Waals surface area contributed by atoms with Gasteiger partial charge in [0.05, 0.1) is 19.3 Å². The van der Waals surface area contributed by atoms with Gasteiger partial charge in [0.25, 0.3) is 0 Å². The van der Waals surface area contributed by atoms with E-state index in [1.807, 2.05) is 25.1 Å². The Kier molecular flexibility index (Phi) is 5.18. The van der Waals surface area contributed by atoms with Gasteiger partial charge in [0.1, 0.15) is 10.6 Å². The zero-order chi connectivity index (χ0) is 17.0. The smallest absolute Gasteiger partial charge is 0.244 e. The molecule has 3 rings (SSSR count). The van der Waals surface area contributed by atoms with Crippen molar-refractivity contribution in [3.63, 3.8) is 0 Å². The highest BCUT2D eigenvalue weighted by atomic mass is 32.2. The summed E-state index contributed by atoms with van der Waals surface area (Å²) < 4.78 is 38.9. The molecule has 0 amide bonds. The molecule has 2 aromatic rings. The van der Waals surface area contributed by atoms with Crippen molar-refractivity contribution in [2.45, 2.75) is 31.0 Å². The van der Waals surface area contributed by atoms with Crippen LogP contribution in [0.4, 0.5) is 0 Å². The molecule has 0 aromatic heterocycles. The van der Waals surface area contributed by atoms with Gasteiger partial charge in [-0.15, -0.1) is 0 Å². The third-order valence-corrected chi connectivity index (χ3v) is 5.44. The number of rotatable bonds is 6. The molecular formula is C18H21NO4S. The normalized spacial score (nSPS) is 17.3. The number of hydrogen-bond donors (Lipinski definition) is 1. The van der Waals surface area contributed by atoms with Crippen molar-refractivity contribution >= 4 is 10.0 Å². The van der Waals surface area contributed by atoms with Crippen LogP contribution in [0.3, 0.4) is 0 Å². The van der Waals surface area contributed by atoms with Crippen LogP contribution in [-0.4, -0.2) is 27.7 Å². The summed E-state index contributed by atoms with van der Waals surface area (Å²) in [5.74, 6) is 0.363. The third kappa shape index (κ3) is 3.77. The second kappa shape index (κ2) is 7.34. The molecule has 1 atom stereocenters. The van der Waals surface area contributed by atoms with E-state index in [9.17, 15) is 8.42 Å². The molecule has 128 valence electrons. The number of hydrogen-bond acceptors (Lipinski definition) is 4. The topological polar surface area (TPSA) is 64.6 Å². The molecule has 1 heterocycles. The van der Waals surface area contributed by atoms with Crippen molar-refractivity contribution < 1.29 is 17.9 Å². The van der Waals surface area contributed by atoms with E-state index < -0.39 is 10.0 Å². The molecule has 0 saturated heterocycles. The summed E-state index contributed by atoms with van der Waals surface area (Å²) in [6.07, 6.45) is 0.528. The van der Waals surface area contributed by atoms with Gasteiger partial charge in [-0.05, 0) is 30.2 Å². The van der Waals surface area contributed by atoms with Gasteiger partial charge in [-0.25, -0.2) is 13.1 Å². The van der Waals surface area contributed by atoms with Gasteiger partial charge in [0.15, 0.2) is 0 Å². The summed E-state index contributed by atoms with van der Waals surface area (Å²) in [6.45, 7) is 2.98. The summed E-state index contributed by atoms with van der Waals surface area (Å²) in [5.41, 5.74) is 2.38. The fourth-order valence-electron chi connectivity index (χ4n) is 2.77. The number of para-hydroxylation sites is 1. The minimum Gasteiger partial charge on any atom is -0.492 e. The van der Waals surface area contributed by atoms with Gasteiger partial charge in [0.2, 0.25) is 10.0 Å². The van der Waals surface area contributed by atoms with Crippen molar-refractivity contribution in [2.75, 3.05) is 13.2 Å². The number of ether oxygens (including phenoxy) is 2. The first kappa shape index (κ1) is 17.0. The maximum Gasteiger partial charge on any atom is 0.244 e. The number of fused-ring (bicyclic) bond motifs is 1. The lowest BCUT2D eigenvalue weighted by molar-refractivity contribution is 0.0322. The van der Waals surface area contributed by atoms with Crippen LogP contribution in [0.2, 0.25) is 0 Å². The number of benzene rings is 2. The van der Waals surface area contributed by atoms with E-state index in [0.717, 1.165) is 0 Å².